The van der Waals surface area contributed by atoms with Gasteiger partial charge in [-0.25, -0.2) is 4.79 Å². The maximum atomic E-state index is 11.9. The Morgan fingerprint density at radius 2 is 1.76 bits per heavy atom. The SMILES string of the molecule is CCNC(=O)[C@H](C)OC(=O)[C@H](C)NC(=O)c1ccccc1. The zero-order valence-corrected chi connectivity index (χ0v) is 12.4. The molecule has 0 saturated heterocycles. The Bertz CT molecular complexity index is 502. The fourth-order valence-corrected chi connectivity index (χ4v) is 1.58. The van der Waals surface area contributed by atoms with Crippen molar-refractivity contribution in [2.45, 2.75) is 32.9 Å². The van der Waals surface area contributed by atoms with E-state index in [2.05, 4.69) is 10.6 Å². The first-order chi connectivity index (χ1) is 9.95. The summed E-state index contributed by atoms with van der Waals surface area (Å²) in [6.07, 6.45) is -0.895. The van der Waals surface area contributed by atoms with Crippen LogP contribution < -0.4 is 10.6 Å². The van der Waals surface area contributed by atoms with Crippen LogP contribution in [0.25, 0.3) is 0 Å². The van der Waals surface area contributed by atoms with Crippen LogP contribution in [0, 0.1) is 0 Å². The van der Waals surface area contributed by atoms with E-state index >= 15 is 0 Å². The zero-order valence-electron chi connectivity index (χ0n) is 12.4. The van der Waals surface area contributed by atoms with Gasteiger partial charge in [-0.15, -0.1) is 0 Å². The smallest absolute Gasteiger partial charge is 0.329 e. The summed E-state index contributed by atoms with van der Waals surface area (Å²) in [7, 11) is 0. The van der Waals surface area contributed by atoms with Gasteiger partial charge in [-0.05, 0) is 32.9 Å². The number of amides is 2. The molecule has 1 aromatic carbocycles. The first-order valence-electron chi connectivity index (χ1n) is 6.79. The Labute approximate surface area is 123 Å². The summed E-state index contributed by atoms with van der Waals surface area (Å²) in [4.78, 5) is 35.2. The Kier molecular flexibility index (Phi) is 6.39. The molecule has 0 aromatic heterocycles. The summed E-state index contributed by atoms with van der Waals surface area (Å²) in [5.74, 6) is -1.39. The van der Waals surface area contributed by atoms with E-state index in [9.17, 15) is 14.4 Å². The van der Waals surface area contributed by atoms with Gasteiger partial charge >= 0.3 is 5.97 Å². The van der Waals surface area contributed by atoms with Gasteiger partial charge in [0.15, 0.2) is 6.10 Å². The molecule has 0 aliphatic rings. The van der Waals surface area contributed by atoms with Crippen LogP contribution in [0.3, 0.4) is 0 Å². The number of benzene rings is 1. The largest absolute Gasteiger partial charge is 0.451 e. The summed E-state index contributed by atoms with van der Waals surface area (Å²) in [6, 6.07) is 7.71. The van der Waals surface area contributed by atoms with E-state index in [1.165, 1.54) is 13.8 Å². The lowest BCUT2D eigenvalue weighted by Crippen LogP contribution is -2.43. The number of carbonyl (C=O) groups excluding carboxylic acids is 3. The minimum atomic E-state index is -0.895. The van der Waals surface area contributed by atoms with Crippen molar-refractivity contribution in [3.8, 4) is 0 Å². The minimum absolute atomic E-state index is 0.368. The monoisotopic (exact) mass is 292 g/mol. The molecule has 0 saturated carbocycles. The first kappa shape index (κ1) is 16.7. The Morgan fingerprint density at radius 3 is 2.33 bits per heavy atom. The van der Waals surface area contributed by atoms with Crippen molar-refractivity contribution < 1.29 is 19.1 Å². The predicted octanol–water partition coefficient (Wildman–Crippen LogP) is 0.873. The molecule has 0 spiro atoms. The number of hydrogen-bond acceptors (Lipinski definition) is 4. The molecule has 0 bridgehead atoms. The average molecular weight is 292 g/mol. The Balaban J connectivity index is 2.51. The Morgan fingerprint density at radius 1 is 1.14 bits per heavy atom. The topological polar surface area (TPSA) is 84.5 Å². The van der Waals surface area contributed by atoms with Crippen molar-refractivity contribution in [3.05, 3.63) is 35.9 Å². The van der Waals surface area contributed by atoms with Gasteiger partial charge in [0.1, 0.15) is 6.04 Å². The van der Waals surface area contributed by atoms with Crippen LogP contribution in [0.4, 0.5) is 0 Å². The maximum absolute atomic E-state index is 11.9. The second kappa shape index (κ2) is 8.04. The fourth-order valence-electron chi connectivity index (χ4n) is 1.58. The maximum Gasteiger partial charge on any atom is 0.329 e. The number of hydrogen-bond donors (Lipinski definition) is 2. The zero-order chi connectivity index (χ0) is 15.8. The van der Waals surface area contributed by atoms with Crippen LogP contribution >= 0.6 is 0 Å². The molecule has 0 heterocycles. The molecule has 2 N–H and O–H groups in total. The number of carbonyl (C=O) groups is 3. The number of rotatable bonds is 6. The van der Waals surface area contributed by atoms with E-state index in [4.69, 9.17) is 4.74 Å². The van der Waals surface area contributed by atoms with Crippen molar-refractivity contribution in [2.24, 2.45) is 0 Å². The third-order valence-electron chi connectivity index (χ3n) is 2.75. The van der Waals surface area contributed by atoms with E-state index in [0.717, 1.165) is 0 Å². The van der Waals surface area contributed by atoms with Crippen LogP contribution in [0.2, 0.25) is 0 Å². The summed E-state index contributed by atoms with van der Waals surface area (Å²) in [5.41, 5.74) is 0.453. The highest BCUT2D eigenvalue weighted by atomic mass is 16.5. The van der Waals surface area contributed by atoms with Crippen LogP contribution in [-0.4, -0.2) is 36.5 Å². The number of nitrogens with one attached hydrogen (secondary N) is 2. The summed E-state index contributed by atoms with van der Waals surface area (Å²) < 4.78 is 5.00. The molecule has 2 atom stereocenters. The third-order valence-corrected chi connectivity index (χ3v) is 2.75. The summed E-state index contributed by atoms with van der Waals surface area (Å²) >= 11 is 0. The van der Waals surface area contributed by atoms with Gasteiger partial charge < -0.3 is 15.4 Å². The molecule has 1 rings (SSSR count). The number of likely N-dealkylation sites (N-methyl/N-ethyl adjacent to an activating group) is 1. The van der Waals surface area contributed by atoms with Crippen molar-refractivity contribution in [1.29, 1.82) is 0 Å². The minimum Gasteiger partial charge on any atom is -0.451 e. The van der Waals surface area contributed by atoms with Gasteiger partial charge in [-0.3, -0.25) is 9.59 Å². The normalized spacial score (nSPS) is 12.9. The lowest BCUT2D eigenvalue weighted by atomic mass is 10.2. The molecule has 2 amide bonds. The van der Waals surface area contributed by atoms with Gasteiger partial charge in [-0.2, -0.15) is 0 Å². The van der Waals surface area contributed by atoms with Gasteiger partial charge in [0.05, 0.1) is 0 Å². The highest BCUT2D eigenvalue weighted by Gasteiger charge is 2.23. The van der Waals surface area contributed by atoms with Gasteiger partial charge in [-0.1, -0.05) is 18.2 Å². The van der Waals surface area contributed by atoms with Gasteiger partial charge in [0, 0.05) is 12.1 Å². The Hall–Kier alpha value is -2.37. The highest BCUT2D eigenvalue weighted by Crippen LogP contribution is 2.01. The fraction of sp³-hybridized carbons (Fsp3) is 0.400. The lowest BCUT2D eigenvalue weighted by Gasteiger charge is -2.17. The second-order valence-corrected chi connectivity index (χ2v) is 4.53. The van der Waals surface area contributed by atoms with E-state index in [0.29, 0.717) is 12.1 Å². The molecule has 0 aliphatic heterocycles. The van der Waals surface area contributed by atoms with E-state index in [-0.39, 0.29) is 11.8 Å². The molecule has 6 nitrogen and oxygen atoms in total. The third kappa shape index (κ3) is 5.25. The van der Waals surface area contributed by atoms with E-state index in [1.807, 2.05) is 0 Å². The number of ether oxygens (including phenoxy) is 1. The van der Waals surface area contributed by atoms with Crippen molar-refractivity contribution in [3.63, 3.8) is 0 Å². The lowest BCUT2D eigenvalue weighted by molar-refractivity contribution is -0.156. The van der Waals surface area contributed by atoms with Crippen LogP contribution in [0.1, 0.15) is 31.1 Å². The molecule has 0 unspecified atom stereocenters. The molecule has 1 aromatic rings. The second-order valence-electron chi connectivity index (χ2n) is 4.53. The standard InChI is InChI=1S/C15H20N2O4/c1-4-16-13(18)11(3)21-15(20)10(2)17-14(19)12-8-6-5-7-9-12/h5-11H,4H2,1-3H3,(H,16,18)(H,17,19)/t10-,11-/m0/s1. The molecule has 0 radical (unpaired) electrons. The number of esters is 1. The quantitative estimate of drug-likeness (QED) is 0.762. The van der Waals surface area contributed by atoms with E-state index in [1.54, 1.807) is 37.3 Å². The summed E-state index contributed by atoms with van der Waals surface area (Å²) in [5, 5.41) is 5.08. The predicted molar refractivity (Wildman–Crippen MR) is 77.6 cm³/mol. The first-order valence-corrected chi connectivity index (χ1v) is 6.79. The van der Waals surface area contributed by atoms with Crippen molar-refractivity contribution in [2.75, 3.05) is 6.54 Å². The summed E-state index contributed by atoms with van der Waals surface area (Å²) in [6.45, 7) is 5.22. The van der Waals surface area contributed by atoms with Crippen molar-refractivity contribution >= 4 is 17.8 Å². The van der Waals surface area contributed by atoms with Crippen LogP contribution in [-0.2, 0) is 14.3 Å². The molecule has 0 fully saturated rings. The molecule has 6 heteroatoms. The van der Waals surface area contributed by atoms with Gasteiger partial charge in [0.25, 0.3) is 11.8 Å². The van der Waals surface area contributed by atoms with Crippen LogP contribution in [0.15, 0.2) is 30.3 Å². The molecule has 21 heavy (non-hydrogen) atoms. The van der Waals surface area contributed by atoms with E-state index < -0.39 is 18.1 Å². The molecule has 114 valence electrons. The highest BCUT2D eigenvalue weighted by molar-refractivity contribution is 5.96. The molecule has 0 aliphatic carbocycles. The van der Waals surface area contributed by atoms with Crippen molar-refractivity contribution in [1.82, 2.24) is 10.6 Å². The average Bonchev–Trinajstić information content (AvgIpc) is 2.48. The van der Waals surface area contributed by atoms with Crippen LogP contribution in [0.5, 0.6) is 0 Å². The van der Waals surface area contributed by atoms with Gasteiger partial charge in [0.2, 0.25) is 0 Å². The molecular weight excluding hydrogens is 272 g/mol. The molecular formula is C15H20N2O4.